The van der Waals surface area contributed by atoms with Crippen LogP contribution in [0.4, 0.5) is 0 Å². The monoisotopic (exact) mass is 388 g/mol. The van der Waals surface area contributed by atoms with Crippen molar-refractivity contribution >= 4 is 11.8 Å². The number of rotatable bonds is 3. The number of aryl methyl sites for hydroxylation is 1. The van der Waals surface area contributed by atoms with Crippen molar-refractivity contribution in [2.75, 3.05) is 13.1 Å². The highest BCUT2D eigenvalue weighted by Gasteiger charge is 2.40. The van der Waals surface area contributed by atoms with Crippen LogP contribution in [0.15, 0.2) is 43.0 Å². The van der Waals surface area contributed by atoms with E-state index in [0.717, 1.165) is 47.9 Å². The van der Waals surface area contributed by atoms with Gasteiger partial charge < -0.3 is 14.9 Å². The summed E-state index contributed by atoms with van der Waals surface area (Å²) in [5.41, 5.74) is 6.32. The molecule has 5 rings (SSSR count). The van der Waals surface area contributed by atoms with Crippen LogP contribution in [0.1, 0.15) is 39.9 Å². The Labute approximate surface area is 170 Å². The SMILES string of the molecule is C=CC(=O)N1CC(N2Cc3ccc(-c4cc(O)cc5c4CCCC5)cc3C2=O)C1. The molecule has 1 saturated heterocycles. The lowest BCUT2D eigenvalue weighted by Gasteiger charge is -2.43. The first-order valence-corrected chi connectivity index (χ1v) is 10.3. The summed E-state index contributed by atoms with van der Waals surface area (Å²) in [5.74, 6) is 0.239. The highest BCUT2D eigenvalue weighted by atomic mass is 16.3. The standard InChI is InChI=1S/C24H24N2O3/c1-2-23(28)25-13-18(14-25)26-12-17-8-7-16(10-22(17)24(26)29)21-11-19(27)9-15-5-3-4-6-20(15)21/h2,7-11,18,27H,1,3-6,12-14H2. The van der Waals surface area contributed by atoms with E-state index in [9.17, 15) is 14.7 Å². The number of likely N-dealkylation sites (tertiary alicyclic amines) is 1. The smallest absolute Gasteiger partial charge is 0.254 e. The van der Waals surface area contributed by atoms with Crippen LogP contribution in [0.5, 0.6) is 5.75 Å². The van der Waals surface area contributed by atoms with Crippen molar-refractivity contribution in [1.29, 1.82) is 0 Å². The molecule has 0 unspecified atom stereocenters. The molecule has 3 aliphatic rings. The Bertz CT molecular complexity index is 1040. The summed E-state index contributed by atoms with van der Waals surface area (Å²) in [5, 5.41) is 10.2. The largest absolute Gasteiger partial charge is 0.508 e. The van der Waals surface area contributed by atoms with Crippen molar-refractivity contribution in [3.8, 4) is 16.9 Å². The summed E-state index contributed by atoms with van der Waals surface area (Å²) in [6.07, 6.45) is 5.64. The van der Waals surface area contributed by atoms with Crippen molar-refractivity contribution in [2.24, 2.45) is 0 Å². The van der Waals surface area contributed by atoms with Gasteiger partial charge in [0.15, 0.2) is 0 Å². The van der Waals surface area contributed by atoms with Gasteiger partial charge in [-0.2, -0.15) is 0 Å². The maximum Gasteiger partial charge on any atom is 0.254 e. The molecular formula is C24H24N2O3. The summed E-state index contributed by atoms with van der Waals surface area (Å²) in [6.45, 7) is 5.24. The number of nitrogens with zero attached hydrogens (tertiary/aromatic N) is 2. The molecule has 0 aromatic heterocycles. The molecule has 2 amide bonds. The maximum absolute atomic E-state index is 13.1. The number of phenolic OH excluding ortho intramolecular Hbond substituents is 1. The van der Waals surface area contributed by atoms with Crippen LogP contribution in [-0.4, -0.2) is 45.9 Å². The maximum atomic E-state index is 13.1. The number of carbonyl (C=O) groups excluding carboxylic acids is 2. The third-order valence-electron chi connectivity index (χ3n) is 6.49. The van der Waals surface area contributed by atoms with Crippen molar-refractivity contribution in [1.82, 2.24) is 9.80 Å². The van der Waals surface area contributed by atoms with Gasteiger partial charge in [-0.1, -0.05) is 18.7 Å². The van der Waals surface area contributed by atoms with Gasteiger partial charge >= 0.3 is 0 Å². The molecule has 2 aromatic carbocycles. The molecule has 0 spiro atoms. The first kappa shape index (κ1) is 18.0. The van der Waals surface area contributed by atoms with Crippen molar-refractivity contribution in [3.63, 3.8) is 0 Å². The Morgan fingerprint density at radius 3 is 2.66 bits per heavy atom. The normalized spacial score (nSPS) is 18.3. The third-order valence-corrected chi connectivity index (χ3v) is 6.49. The molecule has 5 nitrogen and oxygen atoms in total. The zero-order chi connectivity index (χ0) is 20.1. The summed E-state index contributed by atoms with van der Waals surface area (Å²) < 4.78 is 0. The average molecular weight is 388 g/mol. The Balaban J connectivity index is 1.43. The molecule has 1 aliphatic carbocycles. The summed E-state index contributed by atoms with van der Waals surface area (Å²) in [4.78, 5) is 28.3. The molecular weight excluding hydrogens is 364 g/mol. The minimum atomic E-state index is -0.0821. The van der Waals surface area contributed by atoms with Crippen LogP contribution in [0.2, 0.25) is 0 Å². The van der Waals surface area contributed by atoms with Gasteiger partial charge in [-0.3, -0.25) is 9.59 Å². The number of hydrogen-bond donors (Lipinski definition) is 1. The highest BCUT2D eigenvalue weighted by Crippen LogP contribution is 2.37. The molecule has 0 radical (unpaired) electrons. The number of hydrogen-bond acceptors (Lipinski definition) is 3. The number of benzene rings is 2. The number of amides is 2. The van der Waals surface area contributed by atoms with E-state index < -0.39 is 0 Å². The van der Waals surface area contributed by atoms with E-state index in [1.54, 1.807) is 4.90 Å². The van der Waals surface area contributed by atoms with Gasteiger partial charge in [-0.05, 0) is 77.8 Å². The fourth-order valence-electron chi connectivity index (χ4n) is 4.86. The quantitative estimate of drug-likeness (QED) is 0.821. The zero-order valence-electron chi connectivity index (χ0n) is 16.4. The molecule has 2 heterocycles. The lowest BCUT2D eigenvalue weighted by atomic mass is 9.85. The molecule has 0 saturated carbocycles. The zero-order valence-corrected chi connectivity index (χ0v) is 16.4. The Kier molecular flexibility index (Phi) is 4.19. The van der Waals surface area contributed by atoms with Gasteiger partial charge in [-0.15, -0.1) is 0 Å². The highest BCUT2D eigenvalue weighted by molar-refractivity contribution is 6.00. The Morgan fingerprint density at radius 1 is 1.07 bits per heavy atom. The predicted molar refractivity (Wildman–Crippen MR) is 111 cm³/mol. The lowest BCUT2D eigenvalue weighted by Crippen LogP contribution is -2.60. The number of fused-ring (bicyclic) bond motifs is 2. The Morgan fingerprint density at radius 2 is 1.86 bits per heavy atom. The molecule has 5 heteroatoms. The molecule has 2 aliphatic heterocycles. The van der Waals surface area contributed by atoms with Gasteiger partial charge in [0.2, 0.25) is 5.91 Å². The summed E-state index contributed by atoms with van der Waals surface area (Å²) in [6, 6.07) is 9.85. The summed E-state index contributed by atoms with van der Waals surface area (Å²) in [7, 11) is 0. The van der Waals surface area contributed by atoms with Crippen LogP contribution in [-0.2, 0) is 24.2 Å². The van der Waals surface area contributed by atoms with Gasteiger partial charge in [0, 0.05) is 25.2 Å². The van der Waals surface area contributed by atoms with E-state index in [1.807, 2.05) is 29.2 Å². The minimum Gasteiger partial charge on any atom is -0.508 e. The van der Waals surface area contributed by atoms with Crippen LogP contribution < -0.4 is 0 Å². The van der Waals surface area contributed by atoms with Crippen molar-refractivity contribution < 1.29 is 14.7 Å². The number of phenols is 1. The van der Waals surface area contributed by atoms with Crippen LogP contribution in [0, 0.1) is 0 Å². The van der Waals surface area contributed by atoms with E-state index in [2.05, 4.69) is 12.6 Å². The molecule has 2 aromatic rings. The van der Waals surface area contributed by atoms with Gasteiger partial charge in [0.1, 0.15) is 5.75 Å². The molecule has 29 heavy (non-hydrogen) atoms. The molecule has 0 atom stereocenters. The van der Waals surface area contributed by atoms with E-state index in [4.69, 9.17) is 0 Å². The first-order chi connectivity index (χ1) is 14.0. The predicted octanol–water partition coefficient (Wildman–Crippen LogP) is 3.29. The van der Waals surface area contributed by atoms with Crippen LogP contribution in [0.25, 0.3) is 11.1 Å². The molecule has 1 N–H and O–H groups in total. The third kappa shape index (κ3) is 2.92. The summed E-state index contributed by atoms with van der Waals surface area (Å²) >= 11 is 0. The fraction of sp³-hybridized carbons (Fsp3) is 0.333. The first-order valence-electron chi connectivity index (χ1n) is 10.3. The lowest BCUT2D eigenvalue weighted by molar-refractivity contribution is -0.132. The average Bonchev–Trinajstić information content (AvgIpc) is 3.01. The van der Waals surface area contributed by atoms with E-state index in [-0.39, 0.29) is 23.6 Å². The Hall–Kier alpha value is -3.08. The van der Waals surface area contributed by atoms with Crippen molar-refractivity contribution in [2.45, 2.75) is 38.3 Å². The van der Waals surface area contributed by atoms with Gasteiger partial charge in [-0.25, -0.2) is 0 Å². The fourth-order valence-corrected chi connectivity index (χ4v) is 4.86. The second-order valence-electron chi connectivity index (χ2n) is 8.24. The number of carbonyl (C=O) groups is 2. The van der Waals surface area contributed by atoms with E-state index >= 15 is 0 Å². The molecule has 148 valence electrons. The molecule has 1 fully saturated rings. The van der Waals surface area contributed by atoms with Crippen molar-refractivity contribution in [3.05, 3.63) is 65.2 Å². The molecule has 0 bridgehead atoms. The van der Waals surface area contributed by atoms with Gasteiger partial charge in [0.05, 0.1) is 6.04 Å². The second-order valence-corrected chi connectivity index (χ2v) is 8.24. The van der Waals surface area contributed by atoms with E-state index in [1.165, 1.54) is 17.2 Å². The van der Waals surface area contributed by atoms with Crippen LogP contribution >= 0.6 is 0 Å². The number of aromatic hydroxyl groups is 1. The second kappa shape index (κ2) is 6.76. The van der Waals surface area contributed by atoms with Gasteiger partial charge in [0.25, 0.3) is 5.91 Å². The van der Waals surface area contributed by atoms with Crippen LogP contribution in [0.3, 0.4) is 0 Å². The topological polar surface area (TPSA) is 60.9 Å². The minimum absolute atomic E-state index is 0.0339. The van der Waals surface area contributed by atoms with E-state index in [0.29, 0.717) is 19.6 Å².